The van der Waals surface area contributed by atoms with Crippen LogP contribution < -0.4 is 4.74 Å². The minimum Gasteiger partial charge on any atom is -0.482 e. The van der Waals surface area contributed by atoms with E-state index in [9.17, 15) is 19.5 Å². The predicted octanol–water partition coefficient (Wildman–Crippen LogP) is 2.46. The Balaban J connectivity index is 2.19. The predicted molar refractivity (Wildman–Crippen MR) is 101 cm³/mol. The number of carboxylic acid groups (broad SMARTS) is 2. The highest BCUT2D eigenvalue weighted by Gasteiger charge is 2.41. The van der Waals surface area contributed by atoms with Crippen LogP contribution in [0.25, 0.3) is 6.08 Å². The van der Waals surface area contributed by atoms with Crippen LogP contribution in [0.1, 0.15) is 19.4 Å². The number of thioether (sulfide) groups is 1. The number of rotatable bonds is 7. The van der Waals surface area contributed by atoms with Gasteiger partial charge in [-0.2, -0.15) is 0 Å². The molecule has 0 saturated carbocycles. The Kier molecular flexibility index (Phi) is 6.38. The van der Waals surface area contributed by atoms with E-state index < -0.39 is 30.5 Å². The molecule has 2 N–H and O–H groups in total. The van der Waals surface area contributed by atoms with Gasteiger partial charge in [0, 0.05) is 0 Å². The van der Waals surface area contributed by atoms with Gasteiger partial charge < -0.3 is 14.9 Å². The van der Waals surface area contributed by atoms with Crippen molar-refractivity contribution < 1.29 is 29.3 Å². The molecule has 1 unspecified atom stereocenters. The Morgan fingerprint density at radius 1 is 1.27 bits per heavy atom. The van der Waals surface area contributed by atoms with Gasteiger partial charge in [-0.15, -0.1) is 0 Å². The summed E-state index contributed by atoms with van der Waals surface area (Å²) >= 11 is 6.25. The molecular weight excluding hydrogens is 378 g/mol. The Bertz CT molecular complexity index is 772. The smallest absolute Gasteiger partial charge is 0.341 e. The van der Waals surface area contributed by atoms with Crippen LogP contribution in [-0.2, 0) is 14.4 Å². The highest BCUT2D eigenvalue weighted by Crippen LogP contribution is 2.35. The van der Waals surface area contributed by atoms with Gasteiger partial charge in [-0.05, 0) is 29.7 Å². The number of hydrogen-bond acceptors (Lipinski definition) is 6. The Hall–Kier alpha value is -2.39. The minimum absolute atomic E-state index is 0.212. The molecule has 138 valence electrons. The lowest BCUT2D eigenvalue weighted by Gasteiger charge is -2.26. The van der Waals surface area contributed by atoms with E-state index in [2.05, 4.69) is 0 Å². The van der Waals surface area contributed by atoms with E-state index in [0.29, 0.717) is 16.2 Å². The largest absolute Gasteiger partial charge is 0.482 e. The highest BCUT2D eigenvalue weighted by atomic mass is 32.2. The third-order valence-corrected chi connectivity index (χ3v) is 4.86. The maximum atomic E-state index is 12.6. The second kappa shape index (κ2) is 8.33. The number of aliphatic carboxylic acids is 2. The highest BCUT2D eigenvalue weighted by molar-refractivity contribution is 8.26. The number of carbonyl (C=O) groups excluding carboxylic acids is 1. The number of ether oxygens (including phenoxy) is 1. The summed E-state index contributed by atoms with van der Waals surface area (Å²) in [5.41, 5.74) is 0.685. The molecule has 1 aromatic carbocycles. The molecule has 1 aliphatic heterocycles. The molecule has 0 aliphatic carbocycles. The summed E-state index contributed by atoms with van der Waals surface area (Å²) in [6.07, 6.45) is 1.61. The molecule has 1 amide bonds. The van der Waals surface area contributed by atoms with E-state index in [1.165, 1.54) is 0 Å². The summed E-state index contributed by atoms with van der Waals surface area (Å²) in [5, 5.41) is 18.0. The lowest BCUT2D eigenvalue weighted by molar-refractivity contribution is -0.146. The third-order valence-electron chi connectivity index (χ3n) is 3.53. The second-order valence-electron chi connectivity index (χ2n) is 5.83. The summed E-state index contributed by atoms with van der Waals surface area (Å²) in [6.45, 7) is 3.00. The van der Waals surface area contributed by atoms with Crippen LogP contribution in [0.2, 0.25) is 0 Å². The first kappa shape index (κ1) is 19.9. The van der Waals surface area contributed by atoms with Crippen LogP contribution in [-0.4, -0.2) is 49.9 Å². The van der Waals surface area contributed by atoms with Gasteiger partial charge >= 0.3 is 11.9 Å². The summed E-state index contributed by atoms with van der Waals surface area (Å²) < 4.78 is 5.26. The van der Waals surface area contributed by atoms with Gasteiger partial charge in [-0.3, -0.25) is 9.69 Å². The van der Waals surface area contributed by atoms with Crippen LogP contribution in [0.3, 0.4) is 0 Å². The molecule has 0 radical (unpaired) electrons. The number of hydrogen-bond donors (Lipinski definition) is 2. The van der Waals surface area contributed by atoms with Gasteiger partial charge in [-0.1, -0.05) is 50.0 Å². The van der Waals surface area contributed by atoms with Crippen molar-refractivity contribution in [3.8, 4) is 5.75 Å². The number of amides is 1. The first-order valence-electron chi connectivity index (χ1n) is 7.65. The summed E-state index contributed by atoms with van der Waals surface area (Å²) in [4.78, 5) is 36.1. The number of carbonyl (C=O) groups is 3. The molecule has 7 nitrogen and oxygen atoms in total. The zero-order valence-electron chi connectivity index (χ0n) is 14.0. The summed E-state index contributed by atoms with van der Waals surface area (Å²) in [5.74, 6) is -2.51. The first-order valence-corrected chi connectivity index (χ1v) is 8.87. The Morgan fingerprint density at radius 2 is 1.88 bits per heavy atom. The number of thiocarbonyl (C=S) groups is 1. The molecule has 2 rings (SSSR count). The minimum atomic E-state index is -1.10. The van der Waals surface area contributed by atoms with E-state index >= 15 is 0 Å². The monoisotopic (exact) mass is 395 g/mol. The van der Waals surface area contributed by atoms with Crippen molar-refractivity contribution in [2.24, 2.45) is 5.92 Å². The Labute approximate surface area is 159 Å². The number of nitrogens with zero attached hydrogens (tertiary/aromatic N) is 1. The van der Waals surface area contributed by atoms with Crippen molar-refractivity contribution in [3.63, 3.8) is 0 Å². The molecule has 1 fully saturated rings. The molecule has 26 heavy (non-hydrogen) atoms. The quantitative estimate of drug-likeness (QED) is 0.536. The molecule has 1 heterocycles. The van der Waals surface area contributed by atoms with Gasteiger partial charge in [0.1, 0.15) is 16.1 Å². The first-order chi connectivity index (χ1) is 12.2. The van der Waals surface area contributed by atoms with E-state index in [1.54, 1.807) is 44.2 Å². The lowest BCUT2D eigenvalue weighted by atomic mass is 10.0. The topological polar surface area (TPSA) is 104 Å². The van der Waals surface area contributed by atoms with Gasteiger partial charge in [0.2, 0.25) is 0 Å². The van der Waals surface area contributed by atoms with Crippen molar-refractivity contribution in [1.29, 1.82) is 0 Å². The molecule has 1 aromatic rings. The second-order valence-corrected chi connectivity index (χ2v) is 7.51. The third kappa shape index (κ3) is 4.61. The lowest BCUT2D eigenvalue weighted by Crippen LogP contribution is -2.47. The molecule has 0 spiro atoms. The standard InChI is InChI=1S/C17H17NO6S2/c1-9(2)14(16(22)23)18-15(21)12(26-17(18)25)7-10-3-5-11(6-4-10)24-8-13(19)20/h3-7,9,14H,8H2,1-2H3,(H,19,20)(H,22,23)/b12-7-. The fraction of sp³-hybridized carbons (Fsp3) is 0.294. The van der Waals surface area contributed by atoms with Gasteiger partial charge in [0.25, 0.3) is 5.91 Å². The fourth-order valence-electron chi connectivity index (χ4n) is 2.37. The average Bonchev–Trinajstić information content (AvgIpc) is 2.81. The van der Waals surface area contributed by atoms with Gasteiger partial charge in [0.15, 0.2) is 6.61 Å². The van der Waals surface area contributed by atoms with E-state index in [4.69, 9.17) is 22.1 Å². The number of benzene rings is 1. The maximum Gasteiger partial charge on any atom is 0.341 e. The molecule has 0 aromatic heterocycles. The maximum absolute atomic E-state index is 12.6. The fourth-order valence-corrected chi connectivity index (χ4v) is 3.70. The average molecular weight is 395 g/mol. The van der Waals surface area contributed by atoms with Crippen molar-refractivity contribution >= 4 is 52.2 Å². The van der Waals surface area contributed by atoms with E-state index in [-0.39, 0.29) is 10.2 Å². The SMILES string of the molecule is CC(C)C(C(=O)O)N1C(=O)/C(=C/c2ccc(OCC(=O)O)cc2)SC1=S. The van der Waals surface area contributed by atoms with Crippen molar-refractivity contribution in [2.45, 2.75) is 19.9 Å². The van der Waals surface area contributed by atoms with Crippen LogP contribution in [0.15, 0.2) is 29.2 Å². The molecule has 1 saturated heterocycles. The zero-order chi connectivity index (χ0) is 19.4. The molecule has 1 aliphatic rings. The van der Waals surface area contributed by atoms with E-state index in [0.717, 1.165) is 16.7 Å². The van der Waals surface area contributed by atoms with E-state index in [1.807, 2.05) is 0 Å². The Morgan fingerprint density at radius 3 is 2.38 bits per heavy atom. The zero-order valence-corrected chi connectivity index (χ0v) is 15.7. The van der Waals surface area contributed by atoms with Crippen LogP contribution in [0, 0.1) is 5.92 Å². The summed E-state index contributed by atoms with van der Waals surface area (Å²) in [6, 6.07) is 5.50. The molecular formula is C17H17NO6S2. The molecule has 0 bridgehead atoms. The van der Waals surface area contributed by atoms with Crippen LogP contribution in [0.4, 0.5) is 0 Å². The van der Waals surface area contributed by atoms with Crippen molar-refractivity contribution in [1.82, 2.24) is 4.90 Å². The summed E-state index contributed by atoms with van der Waals surface area (Å²) in [7, 11) is 0. The normalized spacial score (nSPS) is 17.0. The van der Waals surface area contributed by atoms with Gasteiger partial charge in [-0.25, -0.2) is 9.59 Å². The molecule has 1 atom stereocenters. The van der Waals surface area contributed by atoms with Gasteiger partial charge in [0.05, 0.1) is 4.91 Å². The van der Waals surface area contributed by atoms with Crippen molar-refractivity contribution in [3.05, 3.63) is 34.7 Å². The van der Waals surface area contributed by atoms with Crippen molar-refractivity contribution in [2.75, 3.05) is 6.61 Å². The van der Waals surface area contributed by atoms with Crippen LogP contribution >= 0.6 is 24.0 Å². The number of carboxylic acids is 2. The molecule has 9 heteroatoms. The van der Waals surface area contributed by atoms with Crippen LogP contribution in [0.5, 0.6) is 5.75 Å².